The molecule has 16 heavy (non-hydrogen) atoms. The van der Waals surface area contributed by atoms with Crippen LogP contribution in [0.5, 0.6) is 0 Å². The summed E-state index contributed by atoms with van der Waals surface area (Å²) in [4.78, 5) is 15.3. The van der Waals surface area contributed by atoms with Crippen LogP contribution >= 0.6 is 15.9 Å². The van der Waals surface area contributed by atoms with Gasteiger partial charge in [-0.05, 0) is 40.9 Å². The van der Waals surface area contributed by atoms with E-state index in [9.17, 15) is 4.79 Å². The number of aromatic nitrogens is 1. The third-order valence-electron chi connectivity index (χ3n) is 2.58. The summed E-state index contributed by atoms with van der Waals surface area (Å²) in [6.45, 7) is 2.67. The van der Waals surface area contributed by atoms with Crippen molar-refractivity contribution >= 4 is 27.7 Å². The van der Waals surface area contributed by atoms with E-state index < -0.39 is 0 Å². The van der Waals surface area contributed by atoms with Crippen LogP contribution in [0.1, 0.15) is 18.4 Å². The Morgan fingerprint density at radius 1 is 1.62 bits per heavy atom. The second-order valence-corrected chi connectivity index (χ2v) is 4.88. The highest BCUT2D eigenvalue weighted by Gasteiger charge is 2.18. The number of halogens is 1. The molecule has 1 unspecified atom stereocenters. The lowest BCUT2D eigenvalue weighted by Crippen LogP contribution is -2.42. The van der Waals surface area contributed by atoms with E-state index in [4.69, 9.17) is 0 Å². The minimum Gasteiger partial charge on any atom is -0.365 e. The fraction of sp³-hybridized carbons (Fsp3) is 0.455. The third-order valence-corrected chi connectivity index (χ3v) is 3.19. The number of hydrogen-bond acceptors (Lipinski definition) is 3. The van der Waals surface area contributed by atoms with E-state index in [1.165, 1.54) is 0 Å². The molecule has 1 aromatic rings. The van der Waals surface area contributed by atoms with Gasteiger partial charge in [-0.1, -0.05) is 0 Å². The summed E-state index contributed by atoms with van der Waals surface area (Å²) in [7, 11) is 0. The molecule has 0 radical (unpaired) electrons. The average Bonchev–Trinajstić information content (AvgIpc) is 2.25. The molecule has 0 saturated carbocycles. The summed E-state index contributed by atoms with van der Waals surface area (Å²) in [5.74, 6) is 0.973. The van der Waals surface area contributed by atoms with Crippen LogP contribution in [0.25, 0.3) is 0 Å². The van der Waals surface area contributed by atoms with E-state index >= 15 is 0 Å². The lowest BCUT2D eigenvalue weighted by atomic mass is 10.1. The summed E-state index contributed by atoms with van der Waals surface area (Å²) in [5, 5.41) is 6.16. The molecule has 1 aliphatic rings. The van der Waals surface area contributed by atoms with Crippen molar-refractivity contribution in [3.05, 3.63) is 22.3 Å². The molecule has 2 N–H and O–H groups in total. The number of pyridine rings is 1. The summed E-state index contributed by atoms with van der Waals surface area (Å²) < 4.78 is 0.962. The van der Waals surface area contributed by atoms with Crippen molar-refractivity contribution in [1.29, 1.82) is 0 Å². The highest BCUT2D eigenvalue weighted by Crippen LogP contribution is 2.22. The van der Waals surface area contributed by atoms with Crippen LogP contribution in [0.3, 0.4) is 0 Å². The van der Waals surface area contributed by atoms with Gasteiger partial charge < -0.3 is 10.6 Å². The zero-order chi connectivity index (χ0) is 11.5. The number of aryl methyl sites for hydroxylation is 1. The minimum absolute atomic E-state index is 0.133. The Bertz CT molecular complexity index is 398. The molecule has 0 aliphatic carbocycles. The van der Waals surface area contributed by atoms with Gasteiger partial charge in [-0.3, -0.25) is 4.79 Å². The normalized spacial score (nSPS) is 20.4. The number of carbonyl (C=O) groups is 1. The Hall–Kier alpha value is -1.10. The van der Waals surface area contributed by atoms with Gasteiger partial charge in [0.2, 0.25) is 5.91 Å². The zero-order valence-electron chi connectivity index (χ0n) is 9.09. The number of nitrogens with zero attached hydrogens (tertiary/aromatic N) is 1. The van der Waals surface area contributed by atoms with Crippen molar-refractivity contribution in [3.8, 4) is 0 Å². The average molecular weight is 284 g/mol. The standard InChI is InChI=1S/C11H14BrN3O/c1-7-4-9(12)11(14-5-7)15-8-2-3-10(16)13-6-8/h4-5,8H,2-3,6H2,1H3,(H,13,16)(H,14,15). The zero-order valence-corrected chi connectivity index (χ0v) is 10.7. The van der Waals surface area contributed by atoms with Crippen molar-refractivity contribution in [3.63, 3.8) is 0 Å². The van der Waals surface area contributed by atoms with Crippen LogP contribution < -0.4 is 10.6 Å². The minimum atomic E-state index is 0.133. The largest absolute Gasteiger partial charge is 0.365 e. The molecule has 0 bridgehead atoms. The Morgan fingerprint density at radius 3 is 3.06 bits per heavy atom. The molecule has 5 heteroatoms. The second-order valence-electron chi connectivity index (χ2n) is 4.03. The Balaban J connectivity index is 2.01. The first-order valence-electron chi connectivity index (χ1n) is 5.30. The molecule has 4 nitrogen and oxygen atoms in total. The molecule has 2 rings (SSSR count). The Labute approximate surface area is 103 Å². The molecule has 1 aliphatic heterocycles. The Morgan fingerprint density at radius 2 is 2.44 bits per heavy atom. The van der Waals surface area contributed by atoms with Gasteiger partial charge in [0.05, 0.1) is 4.47 Å². The van der Waals surface area contributed by atoms with Crippen molar-refractivity contribution in [2.45, 2.75) is 25.8 Å². The molecule has 1 saturated heterocycles. The quantitative estimate of drug-likeness (QED) is 0.871. The predicted octanol–water partition coefficient (Wildman–Crippen LogP) is 1.84. The number of rotatable bonds is 2. The monoisotopic (exact) mass is 283 g/mol. The van der Waals surface area contributed by atoms with Crippen LogP contribution in [0.2, 0.25) is 0 Å². The molecule has 0 aromatic carbocycles. The highest BCUT2D eigenvalue weighted by atomic mass is 79.9. The highest BCUT2D eigenvalue weighted by molar-refractivity contribution is 9.10. The number of amides is 1. The van der Waals surface area contributed by atoms with Crippen molar-refractivity contribution in [2.24, 2.45) is 0 Å². The smallest absolute Gasteiger partial charge is 0.220 e. The number of piperidine rings is 1. The SMILES string of the molecule is Cc1cnc(NC2CCC(=O)NC2)c(Br)c1. The fourth-order valence-electron chi connectivity index (χ4n) is 1.69. The predicted molar refractivity (Wildman–Crippen MR) is 66.3 cm³/mol. The molecule has 0 spiro atoms. The van der Waals surface area contributed by atoms with E-state index in [1.807, 2.05) is 19.2 Å². The number of hydrogen-bond donors (Lipinski definition) is 2. The van der Waals surface area contributed by atoms with Gasteiger partial charge in [0.1, 0.15) is 5.82 Å². The maximum absolute atomic E-state index is 11.0. The lowest BCUT2D eigenvalue weighted by Gasteiger charge is -2.24. The molecule has 86 valence electrons. The van der Waals surface area contributed by atoms with Crippen molar-refractivity contribution in [2.75, 3.05) is 11.9 Å². The maximum atomic E-state index is 11.0. The van der Waals surface area contributed by atoms with Gasteiger partial charge >= 0.3 is 0 Å². The third kappa shape index (κ3) is 2.72. The van der Waals surface area contributed by atoms with E-state index in [0.29, 0.717) is 13.0 Å². The van der Waals surface area contributed by atoms with Crippen LogP contribution in [0.15, 0.2) is 16.7 Å². The lowest BCUT2D eigenvalue weighted by molar-refractivity contribution is -0.122. The molecule has 2 heterocycles. The van der Waals surface area contributed by atoms with Gasteiger partial charge in [0.25, 0.3) is 0 Å². The topological polar surface area (TPSA) is 54.0 Å². The van der Waals surface area contributed by atoms with Gasteiger partial charge in [-0.25, -0.2) is 4.98 Å². The van der Waals surface area contributed by atoms with Crippen LogP contribution in [0.4, 0.5) is 5.82 Å². The summed E-state index contributed by atoms with van der Waals surface area (Å²) in [6.07, 6.45) is 3.27. The fourth-order valence-corrected chi connectivity index (χ4v) is 2.27. The molecular formula is C11H14BrN3O. The van der Waals surface area contributed by atoms with Crippen LogP contribution in [-0.4, -0.2) is 23.5 Å². The summed E-state index contributed by atoms with van der Waals surface area (Å²) in [5.41, 5.74) is 1.12. The Kier molecular flexibility index (Phi) is 3.43. The summed E-state index contributed by atoms with van der Waals surface area (Å²) in [6, 6.07) is 2.29. The first kappa shape index (κ1) is 11.4. The van der Waals surface area contributed by atoms with Gasteiger partial charge in [-0.2, -0.15) is 0 Å². The second kappa shape index (κ2) is 4.82. The molecular weight excluding hydrogens is 270 g/mol. The first-order chi connectivity index (χ1) is 7.65. The first-order valence-corrected chi connectivity index (χ1v) is 6.10. The van der Waals surface area contributed by atoms with Gasteiger partial charge in [-0.15, -0.1) is 0 Å². The number of nitrogens with one attached hydrogen (secondary N) is 2. The molecule has 1 amide bonds. The van der Waals surface area contributed by atoms with Gasteiger partial charge in [0, 0.05) is 25.2 Å². The van der Waals surface area contributed by atoms with Crippen molar-refractivity contribution in [1.82, 2.24) is 10.3 Å². The molecule has 1 atom stereocenters. The van der Waals surface area contributed by atoms with E-state index in [2.05, 4.69) is 31.5 Å². The molecule has 1 aromatic heterocycles. The van der Waals surface area contributed by atoms with Crippen molar-refractivity contribution < 1.29 is 4.79 Å². The van der Waals surface area contributed by atoms with E-state index in [1.54, 1.807) is 0 Å². The van der Waals surface area contributed by atoms with Crippen LogP contribution in [-0.2, 0) is 4.79 Å². The number of anilines is 1. The van der Waals surface area contributed by atoms with E-state index in [-0.39, 0.29) is 11.9 Å². The number of carbonyl (C=O) groups excluding carboxylic acids is 1. The van der Waals surface area contributed by atoms with Gasteiger partial charge in [0.15, 0.2) is 0 Å². The molecule has 1 fully saturated rings. The van der Waals surface area contributed by atoms with E-state index in [0.717, 1.165) is 22.3 Å². The summed E-state index contributed by atoms with van der Waals surface area (Å²) >= 11 is 3.47. The van der Waals surface area contributed by atoms with Crippen LogP contribution in [0, 0.1) is 6.92 Å². The maximum Gasteiger partial charge on any atom is 0.220 e.